The third kappa shape index (κ3) is 3.74. The second-order valence-corrected chi connectivity index (χ2v) is 4.89. The van der Waals surface area contributed by atoms with E-state index in [-0.39, 0.29) is 24.7 Å². The van der Waals surface area contributed by atoms with Crippen molar-refractivity contribution >= 4 is 0 Å². The minimum Gasteiger partial charge on any atom is -0.396 e. The monoisotopic (exact) mass is 215 g/mol. The van der Waals surface area contributed by atoms with Gasteiger partial charge in [0.05, 0.1) is 6.61 Å². The van der Waals surface area contributed by atoms with E-state index in [2.05, 4.69) is 12.2 Å². The Morgan fingerprint density at radius 1 is 1.20 bits per heavy atom. The maximum atomic E-state index is 9.50. The summed E-state index contributed by atoms with van der Waals surface area (Å²) in [6, 6.07) is 0.190. The maximum Gasteiger partial charge on any atom is 0.0584 e. The van der Waals surface area contributed by atoms with Crippen LogP contribution in [0.5, 0.6) is 0 Å². The third-order valence-corrected chi connectivity index (χ3v) is 3.73. The minimum atomic E-state index is 0.0842. The molecular weight excluding hydrogens is 190 g/mol. The highest BCUT2D eigenvalue weighted by Gasteiger charge is 2.31. The second-order valence-electron chi connectivity index (χ2n) is 4.89. The van der Waals surface area contributed by atoms with Crippen LogP contribution in [0.25, 0.3) is 0 Å². The molecule has 3 heteroatoms. The van der Waals surface area contributed by atoms with Gasteiger partial charge in [-0.05, 0) is 19.3 Å². The molecular formula is C12H25NO2. The highest BCUT2D eigenvalue weighted by molar-refractivity contribution is 4.85. The average molecular weight is 215 g/mol. The highest BCUT2D eigenvalue weighted by atomic mass is 16.3. The van der Waals surface area contributed by atoms with E-state index in [1.807, 2.05) is 0 Å². The summed E-state index contributed by atoms with van der Waals surface area (Å²) in [6.45, 7) is 3.39. The van der Waals surface area contributed by atoms with Gasteiger partial charge in [0.15, 0.2) is 0 Å². The van der Waals surface area contributed by atoms with Gasteiger partial charge in [-0.25, -0.2) is 0 Å². The number of aliphatic hydroxyl groups excluding tert-OH is 2. The van der Waals surface area contributed by atoms with Gasteiger partial charge >= 0.3 is 0 Å². The van der Waals surface area contributed by atoms with Crippen molar-refractivity contribution in [1.82, 2.24) is 5.32 Å². The molecule has 1 aliphatic carbocycles. The Labute approximate surface area is 92.9 Å². The normalized spacial score (nSPS) is 22.6. The molecule has 15 heavy (non-hydrogen) atoms. The van der Waals surface area contributed by atoms with Crippen molar-refractivity contribution in [3.05, 3.63) is 0 Å². The molecule has 90 valence electrons. The highest BCUT2D eigenvalue weighted by Crippen LogP contribution is 2.35. The molecule has 0 aliphatic heterocycles. The first-order valence-electron chi connectivity index (χ1n) is 6.21. The molecule has 3 N–H and O–H groups in total. The van der Waals surface area contributed by atoms with Crippen LogP contribution >= 0.6 is 0 Å². The van der Waals surface area contributed by atoms with E-state index in [9.17, 15) is 5.11 Å². The fourth-order valence-corrected chi connectivity index (χ4v) is 2.39. The van der Waals surface area contributed by atoms with Crippen molar-refractivity contribution < 1.29 is 10.2 Å². The van der Waals surface area contributed by atoms with Crippen LogP contribution in [-0.2, 0) is 0 Å². The number of hydrogen-bond acceptors (Lipinski definition) is 3. The molecule has 1 fully saturated rings. The predicted octanol–water partition coefficient (Wildman–Crippen LogP) is 1.29. The smallest absolute Gasteiger partial charge is 0.0584 e. The van der Waals surface area contributed by atoms with Crippen LogP contribution in [0.2, 0.25) is 0 Å². The fraction of sp³-hybridized carbons (Fsp3) is 1.00. The first kappa shape index (κ1) is 12.9. The van der Waals surface area contributed by atoms with Crippen molar-refractivity contribution in [3.8, 4) is 0 Å². The van der Waals surface area contributed by atoms with Gasteiger partial charge < -0.3 is 15.5 Å². The van der Waals surface area contributed by atoms with Crippen molar-refractivity contribution in [2.75, 3.05) is 19.8 Å². The Morgan fingerprint density at radius 2 is 1.87 bits per heavy atom. The van der Waals surface area contributed by atoms with Gasteiger partial charge in [-0.3, -0.25) is 0 Å². The van der Waals surface area contributed by atoms with Gasteiger partial charge in [0.25, 0.3) is 0 Å². The lowest BCUT2D eigenvalue weighted by Gasteiger charge is -2.36. The summed E-state index contributed by atoms with van der Waals surface area (Å²) in [5.41, 5.74) is 0.0842. The van der Waals surface area contributed by atoms with Crippen molar-refractivity contribution in [3.63, 3.8) is 0 Å². The van der Waals surface area contributed by atoms with Crippen LogP contribution in [0, 0.1) is 5.41 Å². The van der Waals surface area contributed by atoms with Crippen LogP contribution in [-0.4, -0.2) is 36.0 Å². The summed E-state index contributed by atoms with van der Waals surface area (Å²) < 4.78 is 0. The molecule has 0 spiro atoms. The topological polar surface area (TPSA) is 52.5 Å². The predicted molar refractivity (Wildman–Crippen MR) is 61.8 cm³/mol. The minimum absolute atomic E-state index is 0.0842. The maximum absolute atomic E-state index is 9.50. The summed E-state index contributed by atoms with van der Waals surface area (Å²) in [7, 11) is 0. The number of rotatable bonds is 6. The summed E-state index contributed by atoms with van der Waals surface area (Å²) in [6.07, 6.45) is 6.96. The van der Waals surface area contributed by atoms with Crippen LogP contribution in [0.1, 0.15) is 45.4 Å². The first-order valence-corrected chi connectivity index (χ1v) is 6.21. The molecule has 0 aromatic heterocycles. The van der Waals surface area contributed by atoms with Gasteiger partial charge in [-0.2, -0.15) is 0 Å². The van der Waals surface area contributed by atoms with E-state index >= 15 is 0 Å². The Balaban J connectivity index is 2.38. The van der Waals surface area contributed by atoms with Gasteiger partial charge in [-0.1, -0.05) is 26.2 Å². The largest absolute Gasteiger partial charge is 0.396 e. The second kappa shape index (κ2) is 6.46. The van der Waals surface area contributed by atoms with E-state index in [1.54, 1.807) is 0 Å². The Bertz CT molecular complexity index is 163. The standard InChI is InChI=1S/C12H25NO2/c1-2-11(8-14)13-9-12(10-15)6-4-3-5-7-12/h11,13-15H,2-10H2,1H3. The summed E-state index contributed by atoms with van der Waals surface area (Å²) in [5, 5.41) is 22.0. The molecule has 3 nitrogen and oxygen atoms in total. The molecule has 1 aliphatic rings. The average Bonchev–Trinajstić information content (AvgIpc) is 2.31. The summed E-state index contributed by atoms with van der Waals surface area (Å²) in [5.74, 6) is 0. The molecule has 0 bridgehead atoms. The van der Waals surface area contributed by atoms with E-state index in [0.29, 0.717) is 0 Å². The Hall–Kier alpha value is -0.120. The molecule has 1 saturated carbocycles. The van der Waals surface area contributed by atoms with E-state index in [1.165, 1.54) is 19.3 Å². The zero-order chi connectivity index (χ0) is 11.1. The van der Waals surface area contributed by atoms with Crippen LogP contribution in [0.3, 0.4) is 0 Å². The fourth-order valence-electron chi connectivity index (χ4n) is 2.39. The molecule has 0 heterocycles. The third-order valence-electron chi connectivity index (χ3n) is 3.73. The van der Waals surface area contributed by atoms with E-state index in [0.717, 1.165) is 25.8 Å². The quantitative estimate of drug-likeness (QED) is 0.626. The molecule has 1 unspecified atom stereocenters. The summed E-state index contributed by atoms with van der Waals surface area (Å²) in [4.78, 5) is 0. The van der Waals surface area contributed by atoms with Gasteiger partial charge in [0, 0.05) is 24.6 Å². The van der Waals surface area contributed by atoms with Crippen LogP contribution in [0.4, 0.5) is 0 Å². The molecule has 0 amide bonds. The number of hydrogen-bond donors (Lipinski definition) is 3. The van der Waals surface area contributed by atoms with Gasteiger partial charge in [0.1, 0.15) is 0 Å². The van der Waals surface area contributed by atoms with Crippen molar-refractivity contribution in [2.24, 2.45) is 5.41 Å². The first-order chi connectivity index (χ1) is 7.26. The summed E-state index contributed by atoms with van der Waals surface area (Å²) >= 11 is 0. The zero-order valence-electron chi connectivity index (χ0n) is 9.84. The SMILES string of the molecule is CCC(CO)NCC1(CO)CCCCC1. The van der Waals surface area contributed by atoms with Gasteiger partial charge in [-0.15, -0.1) is 0 Å². The zero-order valence-corrected chi connectivity index (χ0v) is 9.84. The molecule has 1 atom stereocenters. The van der Waals surface area contributed by atoms with Crippen LogP contribution in [0.15, 0.2) is 0 Å². The van der Waals surface area contributed by atoms with E-state index in [4.69, 9.17) is 5.11 Å². The molecule has 0 saturated heterocycles. The Morgan fingerprint density at radius 3 is 2.33 bits per heavy atom. The van der Waals surface area contributed by atoms with Crippen LogP contribution < -0.4 is 5.32 Å². The van der Waals surface area contributed by atoms with Gasteiger partial charge in [0.2, 0.25) is 0 Å². The number of nitrogens with one attached hydrogen (secondary N) is 1. The van der Waals surface area contributed by atoms with Crippen molar-refractivity contribution in [2.45, 2.75) is 51.5 Å². The lowest BCUT2D eigenvalue weighted by Crippen LogP contribution is -2.44. The molecule has 0 aromatic carbocycles. The van der Waals surface area contributed by atoms with Crippen molar-refractivity contribution in [1.29, 1.82) is 0 Å². The molecule has 0 radical (unpaired) electrons. The lowest BCUT2D eigenvalue weighted by molar-refractivity contribution is 0.0747. The molecule has 1 rings (SSSR count). The Kier molecular flexibility index (Phi) is 5.58. The van der Waals surface area contributed by atoms with E-state index < -0.39 is 0 Å². The lowest BCUT2D eigenvalue weighted by atomic mass is 9.74. The number of aliphatic hydroxyl groups is 2. The molecule has 0 aromatic rings.